The van der Waals surface area contributed by atoms with Crippen molar-refractivity contribution >= 4 is 0 Å². The molecule has 2 rings (SSSR count). The monoisotopic (exact) mass is 244 g/mol. The van der Waals surface area contributed by atoms with Gasteiger partial charge in [0.2, 0.25) is 0 Å². The van der Waals surface area contributed by atoms with Crippen LogP contribution in [-0.2, 0) is 4.74 Å². The van der Waals surface area contributed by atoms with Gasteiger partial charge in [0, 0.05) is 26.2 Å². The maximum absolute atomic E-state index is 8.83. The van der Waals surface area contributed by atoms with Gasteiger partial charge in [-0.3, -0.25) is 4.90 Å². The summed E-state index contributed by atoms with van der Waals surface area (Å²) in [6, 6.07) is 0. The van der Waals surface area contributed by atoms with Gasteiger partial charge in [-0.15, -0.1) is 0 Å². The van der Waals surface area contributed by atoms with Gasteiger partial charge < -0.3 is 15.2 Å². The molecule has 0 aromatic rings. The van der Waals surface area contributed by atoms with E-state index in [0.29, 0.717) is 6.61 Å². The van der Waals surface area contributed by atoms with Crippen molar-refractivity contribution in [3.8, 4) is 0 Å². The molecule has 4 nitrogen and oxygen atoms in total. The van der Waals surface area contributed by atoms with E-state index >= 15 is 0 Å². The lowest BCUT2D eigenvalue weighted by Gasteiger charge is -2.45. The van der Waals surface area contributed by atoms with Gasteiger partial charge >= 0.3 is 0 Å². The zero-order valence-electron chi connectivity index (χ0n) is 11.4. The smallest absolute Gasteiger partial charge is 0.0833 e. The second-order valence-corrected chi connectivity index (χ2v) is 4.63. The van der Waals surface area contributed by atoms with Gasteiger partial charge in [0.1, 0.15) is 0 Å². The number of hydrogen-bond donors (Lipinski definition) is 2. The second-order valence-electron chi connectivity index (χ2n) is 4.63. The molecule has 0 aromatic carbocycles. The highest BCUT2D eigenvalue weighted by Crippen LogP contribution is 2.27. The van der Waals surface area contributed by atoms with Crippen LogP contribution in [0.1, 0.15) is 33.1 Å². The number of nitrogens with one attached hydrogen (secondary N) is 1. The van der Waals surface area contributed by atoms with Crippen LogP contribution in [0.4, 0.5) is 0 Å². The van der Waals surface area contributed by atoms with Gasteiger partial charge in [-0.25, -0.2) is 0 Å². The molecular weight excluding hydrogens is 216 g/mol. The van der Waals surface area contributed by atoms with Crippen molar-refractivity contribution in [2.75, 3.05) is 45.9 Å². The largest absolute Gasteiger partial charge is 0.396 e. The average Bonchev–Trinajstić information content (AvgIpc) is 2.40. The molecule has 0 atom stereocenters. The van der Waals surface area contributed by atoms with E-state index in [-0.39, 0.29) is 5.60 Å². The fraction of sp³-hybridized carbons (Fsp3) is 1.00. The molecule has 1 spiro atoms. The Morgan fingerprint density at radius 3 is 2.65 bits per heavy atom. The SMILES string of the molecule is CC.OCCCN1CCOC2(CCNCC2)C1. The first-order valence-electron chi connectivity index (χ1n) is 7.03. The van der Waals surface area contributed by atoms with E-state index < -0.39 is 0 Å². The van der Waals surface area contributed by atoms with Crippen molar-refractivity contribution in [1.82, 2.24) is 10.2 Å². The zero-order chi connectivity index (χ0) is 12.6. The van der Waals surface area contributed by atoms with Crippen LogP contribution in [0.2, 0.25) is 0 Å². The van der Waals surface area contributed by atoms with E-state index in [0.717, 1.165) is 58.6 Å². The number of morpholine rings is 1. The summed E-state index contributed by atoms with van der Waals surface area (Å²) in [5.41, 5.74) is 0.110. The lowest BCUT2D eigenvalue weighted by molar-refractivity contribution is -0.123. The van der Waals surface area contributed by atoms with E-state index in [4.69, 9.17) is 9.84 Å². The molecule has 0 aliphatic carbocycles. The van der Waals surface area contributed by atoms with Crippen LogP contribution in [0.3, 0.4) is 0 Å². The van der Waals surface area contributed by atoms with Gasteiger partial charge in [0.05, 0.1) is 12.2 Å². The van der Waals surface area contributed by atoms with Gasteiger partial charge in [0.15, 0.2) is 0 Å². The summed E-state index contributed by atoms with van der Waals surface area (Å²) in [7, 11) is 0. The Labute approximate surface area is 105 Å². The fourth-order valence-corrected chi connectivity index (χ4v) is 2.59. The fourth-order valence-electron chi connectivity index (χ4n) is 2.59. The predicted molar refractivity (Wildman–Crippen MR) is 70.3 cm³/mol. The molecule has 17 heavy (non-hydrogen) atoms. The lowest BCUT2D eigenvalue weighted by atomic mass is 9.90. The van der Waals surface area contributed by atoms with Gasteiger partial charge in [-0.2, -0.15) is 0 Å². The zero-order valence-corrected chi connectivity index (χ0v) is 11.4. The number of aliphatic hydroxyl groups excluding tert-OH is 1. The van der Waals surface area contributed by atoms with Crippen molar-refractivity contribution in [1.29, 1.82) is 0 Å². The second kappa shape index (κ2) is 8.03. The van der Waals surface area contributed by atoms with Crippen LogP contribution >= 0.6 is 0 Å². The summed E-state index contributed by atoms with van der Waals surface area (Å²) in [4.78, 5) is 2.44. The molecule has 0 radical (unpaired) electrons. The van der Waals surface area contributed by atoms with Crippen LogP contribution in [0.25, 0.3) is 0 Å². The minimum absolute atomic E-state index is 0.110. The van der Waals surface area contributed by atoms with Crippen molar-refractivity contribution in [3.63, 3.8) is 0 Å². The maximum atomic E-state index is 8.83. The number of nitrogens with zero attached hydrogens (tertiary/aromatic N) is 1. The topological polar surface area (TPSA) is 44.7 Å². The highest BCUT2D eigenvalue weighted by atomic mass is 16.5. The molecule has 2 aliphatic heterocycles. The van der Waals surface area contributed by atoms with Crippen LogP contribution in [0.5, 0.6) is 0 Å². The van der Waals surface area contributed by atoms with E-state index in [2.05, 4.69) is 10.2 Å². The highest BCUT2D eigenvalue weighted by molar-refractivity contribution is 4.91. The van der Waals surface area contributed by atoms with E-state index in [9.17, 15) is 0 Å². The average molecular weight is 244 g/mol. The predicted octanol–water partition coefficient (Wildman–Crippen LogP) is 0.849. The van der Waals surface area contributed by atoms with Crippen LogP contribution in [0.15, 0.2) is 0 Å². The normalized spacial score (nSPS) is 24.2. The molecule has 0 amide bonds. The molecule has 2 N–H and O–H groups in total. The molecule has 0 bridgehead atoms. The maximum Gasteiger partial charge on any atom is 0.0833 e. The van der Waals surface area contributed by atoms with Gasteiger partial charge in [-0.05, 0) is 32.4 Å². The summed E-state index contributed by atoms with van der Waals surface area (Å²) in [6.45, 7) is 10.4. The quantitative estimate of drug-likeness (QED) is 0.772. The number of rotatable bonds is 3. The number of aliphatic hydroxyl groups is 1. The van der Waals surface area contributed by atoms with Crippen LogP contribution in [-0.4, -0.2) is 61.5 Å². The Bertz CT molecular complexity index is 188. The standard InChI is InChI=1S/C11H22N2O2.C2H6/c14-8-1-6-13-7-9-15-11(10-13)2-4-12-5-3-11;1-2/h12,14H,1-10H2;1-2H3. The molecule has 0 unspecified atom stereocenters. The third kappa shape index (κ3) is 4.54. The highest BCUT2D eigenvalue weighted by Gasteiger charge is 2.37. The van der Waals surface area contributed by atoms with Crippen molar-refractivity contribution in [2.45, 2.75) is 38.7 Å². The Morgan fingerprint density at radius 2 is 2.00 bits per heavy atom. The first kappa shape index (κ1) is 14.9. The first-order valence-corrected chi connectivity index (χ1v) is 7.03. The third-order valence-electron chi connectivity index (χ3n) is 3.47. The molecule has 0 saturated carbocycles. The summed E-state index contributed by atoms with van der Waals surface area (Å²) in [5, 5.41) is 12.2. The summed E-state index contributed by atoms with van der Waals surface area (Å²) < 4.78 is 5.97. The Kier molecular flexibility index (Phi) is 7.04. The van der Waals surface area contributed by atoms with Crippen molar-refractivity contribution in [2.24, 2.45) is 0 Å². The molecular formula is C13H28N2O2. The lowest BCUT2D eigenvalue weighted by Crippen LogP contribution is -2.56. The first-order chi connectivity index (χ1) is 8.35. The van der Waals surface area contributed by atoms with E-state index in [1.54, 1.807) is 0 Å². The van der Waals surface area contributed by atoms with Crippen LogP contribution < -0.4 is 5.32 Å². The van der Waals surface area contributed by atoms with E-state index in [1.807, 2.05) is 13.8 Å². The summed E-state index contributed by atoms with van der Waals surface area (Å²) >= 11 is 0. The number of hydrogen-bond acceptors (Lipinski definition) is 4. The van der Waals surface area contributed by atoms with Gasteiger partial charge in [-0.1, -0.05) is 13.8 Å². The molecule has 2 saturated heterocycles. The minimum atomic E-state index is 0.110. The van der Waals surface area contributed by atoms with E-state index in [1.165, 1.54) is 0 Å². The molecule has 102 valence electrons. The Morgan fingerprint density at radius 1 is 1.29 bits per heavy atom. The minimum Gasteiger partial charge on any atom is -0.396 e. The third-order valence-corrected chi connectivity index (χ3v) is 3.47. The number of piperidine rings is 1. The molecule has 2 heterocycles. The summed E-state index contributed by atoms with van der Waals surface area (Å²) in [6.07, 6.45) is 3.14. The molecule has 0 aromatic heterocycles. The van der Waals surface area contributed by atoms with Crippen molar-refractivity contribution in [3.05, 3.63) is 0 Å². The Balaban J connectivity index is 0.000000686. The summed E-state index contributed by atoms with van der Waals surface area (Å²) in [5.74, 6) is 0. The van der Waals surface area contributed by atoms with Gasteiger partial charge in [0.25, 0.3) is 0 Å². The molecule has 2 fully saturated rings. The molecule has 4 heteroatoms. The van der Waals surface area contributed by atoms with Crippen LogP contribution in [0, 0.1) is 0 Å². The number of ether oxygens (including phenoxy) is 1. The van der Waals surface area contributed by atoms with Crippen molar-refractivity contribution < 1.29 is 9.84 Å². The molecule has 2 aliphatic rings. The Hall–Kier alpha value is -0.160.